The molecule has 5 nitrogen and oxygen atoms in total. The molecule has 2 aliphatic heterocycles. The zero-order chi connectivity index (χ0) is 15.0. The summed E-state index contributed by atoms with van der Waals surface area (Å²) < 4.78 is 0. The summed E-state index contributed by atoms with van der Waals surface area (Å²) in [4.78, 5) is 28.2. The molecule has 0 spiro atoms. The first-order valence-electron chi connectivity index (χ1n) is 7.46. The zero-order valence-corrected chi connectivity index (χ0v) is 13.5. The van der Waals surface area contributed by atoms with E-state index in [0.717, 1.165) is 24.2 Å². The molecule has 2 aliphatic rings. The van der Waals surface area contributed by atoms with Gasteiger partial charge >= 0.3 is 0 Å². The van der Waals surface area contributed by atoms with E-state index in [1.807, 2.05) is 31.2 Å². The van der Waals surface area contributed by atoms with Crippen molar-refractivity contribution in [2.45, 2.75) is 25.8 Å². The van der Waals surface area contributed by atoms with E-state index in [1.165, 1.54) is 0 Å². The van der Waals surface area contributed by atoms with Gasteiger partial charge in [0.25, 0.3) is 0 Å². The van der Waals surface area contributed by atoms with Crippen molar-refractivity contribution < 1.29 is 9.59 Å². The number of amides is 2. The molecule has 0 bridgehead atoms. The second-order valence-corrected chi connectivity index (χ2v) is 6.07. The van der Waals surface area contributed by atoms with Gasteiger partial charge in [-0.2, -0.15) is 0 Å². The number of benzene rings is 1. The fourth-order valence-electron chi connectivity index (χ4n) is 3.09. The molecule has 0 radical (unpaired) electrons. The average molecular weight is 324 g/mol. The Kier molecular flexibility index (Phi) is 5.08. The minimum atomic E-state index is -0.232. The van der Waals surface area contributed by atoms with Crippen molar-refractivity contribution in [3.63, 3.8) is 0 Å². The van der Waals surface area contributed by atoms with E-state index in [9.17, 15) is 9.59 Å². The second-order valence-electron chi connectivity index (χ2n) is 6.07. The van der Waals surface area contributed by atoms with E-state index in [4.69, 9.17) is 5.73 Å². The molecule has 0 aromatic heterocycles. The molecule has 1 aromatic rings. The maximum Gasteiger partial charge on any atom is 0.228 e. The molecule has 1 unspecified atom stereocenters. The number of hydrogen-bond acceptors (Lipinski definition) is 3. The summed E-state index contributed by atoms with van der Waals surface area (Å²) in [6.07, 6.45) is 1.16. The standard InChI is InChI=1S/C16H21N3O2.ClH/c1-11-2-4-14(5-3-11)19-9-12(8-15(19)20)16(21)18-7-6-13(17)10-18;/h2-5,12-13H,6-10,17H2,1H3;1H/t12?,13-;/m1./s1. The number of nitrogens with two attached hydrogens (primary N) is 1. The van der Waals surface area contributed by atoms with E-state index in [0.29, 0.717) is 19.5 Å². The Morgan fingerprint density at radius 2 is 1.91 bits per heavy atom. The number of likely N-dealkylation sites (tertiary alicyclic amines) is 1. The molecule has 2 atom stereocenters. The van der Waals surface area contributed by atoms with Crippen LogP contribution in [0.5, 0.6) is 0 Å². The van der Waals surface area contributed by atoms with Crippen LogP contribution in [0.3, 0.4) is 0 Å². The highest BCUT2D eigenvalue weighted by Crippen LogP contribution is 2.27. The van der Waals surface area contributed by atoms with Gasteiger partial charge in [0.15, 0.2) is 0 Å². The molecular formula is C16H22ClN3O2. The van der Waals surface area contributed by atoms with Gasteiger partial charge in [-0.25, -0.2) is 0 Å². The van der Waals surface area contributed by atoms with Crippen molar-refractivity contribution in [2.75, 3.05) is 24.5 Å². The number of hydrogen-bond donors (Lipinski definition) is 1. The van der Waals surface area contributed by atoms with E-state index in [1.54, 1.807) is 9.80 Å². The molecule has 1 aromatic carbocycles. The highest BCUT2D eigenvalue weighted by molar-refractivity contribution is 6.00. The smallest absolute Gasteiger partial charge is 0.228 e. The fraction of sp³-hybridized carbons (Fsp3) is 0.500. The summed E-state index contributed by atoms with van der Waals surface area (Å²) in [5, 5.41) is 0. The minimum Gasteiger partial charge on any atom is -0.341 e. The molecule has 2 heterocycles. The van der Waals surface area contributed by atoms with Crippen molar-refractivity contribution in [3.05, 3.63) is 29.8 Å². The Morgan fingerprint density at radius 1 is 1.23 bits per heavy atom. The van der Waals surface area contributed by atoms with Gasteiger partial charge in [-0.15, -0.1) is 12.4 Å². The van der Waals surface area contributed by atoms with Crippen molar-refractivity contribution in [1.82, 2.24) is 4.90 Å². The van der Waals surface area contributed by atoms with Crippen LogP contribution in [0.25, 0.3) is 0 Å². The molecule has 6 heteroatoms. The number of halogens is 1. The number of anilines is 1. The van der Waals surface area contributed by atoms with Crippen molar-refractivity contribution in [3.8, 4) is 0 Å². The average Bonchev–Trinajstić information content (AvgIpc) is 3.05. The number of nitrogens with zero attached hydrogens (tertiary/aromatic N) is 2. The van der Waals surface area contributed by atoms with Crippen LogP contribution in [0, 0.1) is 12.8 Å². The SMILES string of the molecule is Cc1ccc(N2CC(C(=O)N3CC[C@@H](N)C3)CC2=O)cc1.Cl. The van der Waals surface area contributed by atoms with Gasteiger partial charge in [0.1, 0.15) is 0 Å². The first kappa shape index (κ1) is 16.8. The number of carbonyl (C=O) groups is 2. The second kappa shape index (κ2) is 6.67. The Labute approximate surface area is 136 Å². The van der Waals surface area contributed by atoms with Crippen LogP contribution in [-0.4, -0.2) is 42.4 Å². The van der Waals surface area contributed by atoms with E-state index < -0.39 is 0 Å². The van der Waals surface area contributed by atoms with Crippen molar-refractivity contribution >= 4 is 29.9 Å². The van der Waals surface area contributed by atoms with Crippen LogP contribution >= 0.6 is 12.4 Å². The molecule has 2 saturated heterocycles. The first-order valence-corrected chi connectivity index (χ1v) is 7.46. The van der Waals surface area contributed by atoms with Crippen LogP contribution in [0.4, 0.5) is 5.69 Å². The summed E-state index contributed by atoms with van der Waals surface area (Å²) in [7, 11) is 0. The quantitative estimate of drug-likeness (QED) is 0.893. The Balaban J connectivity index is 0.00000176. The first-order chi connectivity index (χ1) is 10.0. The van der Waals surface area contributed by atoms with Crippen molar-refractivity contribution in [1.29, 1.82) is 0 Å². The van der Waals surface area contributed by atoms with Gasteiger partial charge in [-0.05, 0) is 25.5 Å². The predicted octanol–water partition coefficient (Wildman–Crippen LogP) is 1.33. The predicted molar refractivity (Wildman–Crippen MR) is 88.1 cm³/mol. The van der Waals surface area contributed by atoms with Crippen LogP contribution in [0.15, 0.2) is 24.3 Å². The third-order valence-corrected chi connectivity index (χ3v) is 4.36. The molecule has 3 rings (SSSR count). The molecular weight excluding hydrogens is 302 g/mol. The van der Waals surface area contributed by atoms with E-state index in [-0.39, 0.29) is 36.2 Å². The van der Waals surface area contributed by atoms with Crippen LogP contribution in [0.1, 0.15) is 18.4 Å². The normalized spacial score (nSPS) is 24.5. The number of carbonyl (C=O) groups excluding carboxylic acids is 2. The van der Waals surface area contributed by atoms with Crippen LogP contribution in [-0.2, 0) is 9.59 Å². The summed E-state index contributed by atoms with van der Waals surface area (Å²) >= 11 is 0. The molecule has 0 aliphatic carbocycles. The maximum absolute atomic E-state index is 12.5. The molecule has 0 saturated carbocycles. The largest absolute Gasteiger partial charge is 0.341 e. The Bertz CT molecular complexity index is 561. The third-order valence-electron chi connectivity index (χ3n) is 4.36. The number of rotatable bonds is 2. The van der Waals surface area contributed by atoms with Gasteiger partial charge in [0.05, 0.1) is 5.92 Å². The van der Waals surface area contributed by atoms with Gasteiger partial charge < -0.3 is 15.5 Å². The topological polar surface area (TPSA) is 66.6 Å². The third kappa shape index (κ3) is 3.25. The summed E-state index contributed by atoms with van der Waals surface area (Å²) in [6, 6.07) is 7.92. The lowest BCUT2D eigenvalue weighted by molar-refractivity contribution is -0.134. The van der Waals surface area contributed by atoms with Crippen LogP contribution < -0.4 is 10.6 Å². The fourth-order valence-corrected chi connectivity index (χ4v) is 3.09. The van der Waals surface area contributed by atoms with E-state index >= 15 is 0 Å². The molecule has 22 heavy (non-hydrogen) atoms. The minimum absolute atomic E-state index is 0. The molecule has 2 amide bonds. The van der Waals surface area contributed by atoms with Crippen LogP contribution in [0.2, 0.25) is 0 Å². The monoisotopic (exact) mass is 323 g/mol. The molecule has 120 valence electrons. The Morgan fingerprint density at radius 3 is 2.50 bits per heavy atom. The van der Waals surface area contributed by atoms with Gasteiger partial charge in [0, 0.05) is 37.8 Å². The zero-order valence-electron chi connectivity index (χ0n) is 12.7. The van der Waals surface area contributed by atoms with Gasteiger partial charge in [0.2, 0.25) is 11.8 Å². The van der Waals surface area contributed by atoms with Gasteiger partial charge in [-0.3, -0.25) is 9.59 Å². The lowest BCUT2D eigenvalue weighted by Gasteiger charge is -2.21. The van der Waals surface area contributed by atoms with Gasteiger partial charge in [-0.1, -0.05) is 17.7 Å². The lowest BCUT2D eigenvalue weighted by Crippen LogP contribution is -2.37. The molecule has 2 fully saturated rings. The molecule has 2 N–H and O–H groups in total. The van der Waals surface area contributed by atoms with Crippen molar-refractivity contribution in [2.24, 2.45) is 11.7 Å². The maximum atomic E-state index is 12.5. The highest BCUT2D eigenvalue weighted by Gasteiger charge is 2.38. The summed E-state index contributed by atoms with van der Waals surface area (Å²) in [6.45, 7) is 3.83. The summed E-state index contributed by atoms with van der Waals surface area (Å²) in [5.74, 6) is -0.129. The highest BCUT2D eigenvalue weighted by atomic mass is 35.5. The Hall–Kier alpha value is -1.59. The number of aryl methyl sites for hydroxylation is 1. The summed E-state index contributed by atoms with van der Waals surface area (Å²) in [5.41, 5.74) is 7.88. The van der Waals surface area contributed by atoms with E-state index in [2.05, 4.69) is 0 Å². The lowest BCUT2D eigenvalue weighted by atomic mass is 10.1.